The maximum atomic E-state index is 5.40. The minimum Gasteiger partial charge on any atom is -0.495 e. The van der Waals surface area contributed by atoms with Crippen LogP contribution in [0.15, 0.2) is 30.7 Å². The van der Waals surface area contributed by atoms with Gasteiger partial charge in [0.25, 0.3) is 0 Å². The van der Waals surface area contributed by atoms with Crippen molar-refractivity contribution in [1.29, 1.82) is 0 Å². The Kier molecular flexibility index (Phi) is 3.15. The summed E-state index contributed by atoms with van der Waals surface area (Å²) in [4.78, 5) is 4.24. The molecule has 1 aromatic carbocycles. The van der Waals surface area contributed by atoms with Crippen LogP contribution in [-0.4, -0.2) is 16.7 Å². The van der Waals surface area contributed by atoms with Gasteiger partial charge >= 0.3 is 0 Å². The number of ether oxygens (including phenoxy) is 1. The smallest absolute Gasteiger partial charge is 0.142 e. The lowest BCUT2D eigenvalue weighted by molar-refractivity contribution is 0.416. The first-order valence-corrected chi connectivity index (χ1v) is 6.67. The number of imidazole rings is 1. The summed E-state index contributed by atoms with van der Waals surface area (Å²) in [5.41, 5.74) is 3.45. The number of aryl methyl sites for hydroxylation is 1. The fourth-order valence-corrected chi connectivity index (χ4v) is 2.28. The van der Waals surface area contributed by atoms with E-state index in [-0.39, 0.29) is 0 Å². The largest absolute Gasteiger partial charge is 0.495 e. The Morgan fingerprint density at radius 2 is 2.26 bits per heavy atom. The molecule has 3 rings (SSSR count). The van der Waals surface area contributed by atoms with E-state index in [0.29, 0.717) is 6.04 Å². The number of nitrogens with zero attached hydrogens (tertiary/aromatic N) is 2. The van der Waals surface area contributed by atoms with E-state index in [9.17, 15) is 0 Å². The molecule has 4 heteroatoms. The van der Waals surface area contributed by atoms with Crippen molar-refractivity contribution in [2.45, 2.75) is 32.4 Å². The molecule has 0 saturated heterocycles. The van der Waals surface area contributed by atoms with Gasteiger partial charge in [-0.15, -0.1) is 0 Å². The Morgan fingerprint density at radius 1 is 1.42 bits per heavy atom. The quantitative estimate of drug-likeness (QED) is 0.894. The van der Waals surface area contributed by atoms with E-state index in [1.54, 1.807) is 7.11 Å². The van der Waals surface area contributed by atoms with Crippen LogP contribution in [-0.2, 0) is 6.54 Å². The summed E-state index contributed by atoms with van der Waals surface area (Å²) in [6, 6.07) is 6.86. The molecule has 0 amide bonds. The van der Waals surface area contributed by atoms with Crippen molar-refractivity contribution in [1.82, 2.24) is 9.55 Å². The Morgan fingerprint density at radius 3 is 3.00 bits per heavy atom. The fourth-order valence-electron chi connectivity index (χ4n) is 2.28. The molecular weight excluding hydrogens is 238 g/mol. The Labute approximate surface area is 113 Å². The van der Waals surface area contributed by atoms with Gasteiger partial charge in [0.2, 0.25) is 0 Å². The van der Waals surface area contributed by atoms with Crippen LogP contribution in [0.25, 0.3) is 0 Å². The third kappa shape index (κ3) is 2.57. The van der Waals surface area contributed by atoms with Crippen LogP contribution in [0.5, 0.6) is 5.75 Å². The van der Waals surface area contributed by atoms with Gasteiger partial charge in [-0.3, -0.25) is 0 Å². The van der Waals surface area contributed by atoms with Crippen LogP contribution >= 0.6 is 0 Å². The maximum Gasteiger partial charge on any atom is 0.142 e. The molecule has 1 aliphatic rings. The normalized spacial score (nSPS) is 14.4. The van der Waals surface area contributed by atoms with Crippen molar-refractivity contribution in [2.24, 2.45) is 0 Å². The standard InChI is InChI=1S/C15H19N3O/c1-11-3-6-14(15(7-11)19-2)17-9-13-8-16-10-18(13)12-4-5-12/h3,6-8,10,12,17H,4-5,9H2,1-2H3. The topological polar surface area (TPSA) is 39.1 Å². The highest BCUT2D eigenvalue weighted by atomic mass is 16.5. The molecule has 0 spiro atoms. The minimum absolute atomic E-state index is 0.666. The molecule has 19 heavy (non-hydrogen) atoms. The van der Waals surface area contributed by atoms with E-state index in [0.717, 1.165) is 18.0 Å². The number of methoxy groups -OCH3 is 1. The average Bonchev–Trinajstić information content (AvgIpc) is 3.16. The van der Waals surface area contributed by atoms with E-state index >= 15 is 0 Å². The highest BCUT2D eigenvalue weighted by molar-refractivity contribution is 5.57. The van der Waals surface area contributed by atoms with Crippen LogP contribution in [0.2, 0.25) is 0 Å². The Bertz CT molecular complexity index is 573. The molecule has 0 atom stereocenters. The third-order valence-electron chi connectivity index (χ3n) is 3.50. The molecule has 0 unspecified atom stereocenters. The van der Waals surface area contributed by atoms with Crippen molar-refractivity contribution in [3.63, 3.8) is 0 Å². The second kappa shape index (κ2) is 4.96. The lowest BCUT2D eigenvalue weighted by Gasteiger charge is -2.13. The van der Waals surface area contributed by atoms with E-state index in [1.807, 2.05) is 18.6 Å². The minimum atomic E-state index is 0.666. The van der Waals surface area contributed by atoms with Gasteiger partial charge in [0.1, 0.15) is 5.75 Å². The summed E-state index contributed by atoms with van der Waals surface area (Å²) in [6.07, 6.45) is 6.42. The zero-order chi connectivity index (χ0) is 13.2. The molecule has 4 nitrogen and oxygen atoms in total. The van der Waals surface area contributed by atoms with E-state index < -0.39 is 0 Å². The van der Waals surface area contributed by atoms with Crippen LogP contribution in [0, 0.1) is 6.92 Å². The van der Waals surface area contributed by atoms with Gasteiger partial charge in [-0.1, -0.05) is 6.07 Å². The Balaban J connectivity index is 1.73. The van der Waals surface area contributed by atoms with Crippen molar-refractivity contribution in [2.75, 3.05) is 12.4 Å². The van der Waals surface area contributed by atoms with Gasteiger partial charge in [-0.25, -0.2) is 4.98 Å². The lowest BCUT2D eigenvalue weighted by atomic mass is 10.2. The third-order valence-corrected chi connectivity index (χ3v) is 3.50. The zero-order valence-electron chi connectivity index (χ0n) is 11.4. The summed E-state index contributed by atoms with van der Waals surface area (Å²) < 4.78 is 7.67. The molecule has 1 N–H and O–H groups in total. The van der Waals surface area contributed by atoms with Crippen LogP contribution in [0.4, 0.5) is 5.69 Å². The fraction of sp³-hybridized carbons (Fsp3) is 0.400. The SMILES string of the molecule is COc1cc(C)ccc1NCc1cncn1C1CC1. The summed E-state index contributed by atoms with van der Waals surface area (Å²) in [5.74, 6) is 0.887. The van der Waals surface area contributed by atoms with Gasteiger partial charge in [0.15, 0.2) is 0 Å². The van der Waals surface area contributed by atoms with Crippen LogP contribution < -0.4 is 10.1 Å². The number of nitrogens with one attached hydrogen (secondary N) is 1. The number of aromatic nitrogens is 2. The van der Waals surface area contributed by atoms with E-state index in [2.05, 4.69) is 33.9 Å². The molecule has 1 aliphatic carbocycles. The molecule has 1 fully saturated rings. The average molecular weight is 257 g/mol. The first-order chi connectivity index (χ1) is 9.28. The molecule has 2 aromatic rings. The summed E-state index contributed by atoms with van der Waals surface area (Å²) in [7, 11) is 1.70. The van der Waals surface area contributed by atoms with Gasteiger partial charge in [0, 0.05) is 12.2 Å². The maximum absolute atomic E-state index is 5.40. The first kappa shape index (κ1) is 12.1. The highest BCUT2D eigenvalue weighted by Gasteiger charge is 2.25. The van der Waals surface area contributed by atoms with Crippen LogP contribution in [0.3, 0.4) is 0 Å². The predicted octanol–water partition coefficient (Wildman–Crippen LogP) is 3.15. The van der Waals surface area contributed by atoms with Gasteiger partial charge < -0.3 is 14.6 Å². The number of hydrogen-bond donors (Lipinski definition) is 1. The predicted molar refractivity (Wildman–Crippen MR) is 75.6 cm³/mol. The number of rotatable bonds is 5. The van der Waals surface area contributed by atoms with Crippen molar-refractivity contribution in [3.05, 3.63) is 42.0 Å². The van der Waals surface area contributed by atoms with Crippen molar-refractivity contribution in [3.8, 4) is 5.75 Å². The van der Waals surface area contributed by atoms with E-state index in [4.69, 9.17) is 4.74 Å². The number of hydrogen-bond acceptors (Lipinski definition) is 3. The number of benzene rings is 1. The van der Waals surface area contributed by atoms with Crippen LogP contribution in [0.1, 0.15) is 30.1 Å². The highest BCUT2D eigenvalue weighted by Crippen LogP contribution is 2.36. The van der Waals surface area contributed by atoms with Gasteiger partial charge in [-0.05, 0) is 37.5 Å². The zero-order valence-corrected chi connectivity index (χ0v) is 11.4. The first-order valence-electron chi connectivity index (χ1n) is 6.67. The van der Waals surface area contributed by atoms with Gasteiger partial charge in [-0.2, -0.15) is 0 Å². The molecule has 0 aliphatic heterocycles. The summed E-state index contributed by atoms with van der Waals surface area (Å²) in [6.45, 7) is 2.84. The van der Waals surface area contributed by atoms with Crippen molar-refractivity contribution < 1.29 is 4.74 Å². The summed E-state index contributed by atoms with van der Waals surface area (Å²) in [5, 5.41) is 3.43. The molecule has 1 heterocycles. The molecular formula is C15H19N3O. The molecule has 1 aromatic heterocycles. The lowest BCUT2D eigenvalue weighted by Crippen LogP contribution is -2.06. The van der Waals surface area contributed by atoms with E-state index in [1.165, 1.54) is 24.1 Å². The second-order valence-electron chi connectivity index (χ2n) is 5.08. The molecule has 1 saturated carbocycles. The molecule has 0 radical (unpaired) electrons. The van der Waals surface area contributed by atoms with Gasteiger partial charge in [0.05, 0.1) is 31.4 Å². The second-order valence-corrected chi connectivity index (χ2v) is 5.08. The monoisotopic (exact) mass is 257 g/mol. The number of anilines is 1. The van der Waals surface area contributed by atoms with Crippen molar-refractivity contribution >= 4 is 5.69 Å². The molecule has 100 valence electrons. The summed E-state index contributed by atoms with van der Waals surface area (Å²) >= 11 is 0. The molecule has 0 bridgehead atoms. The Hall–Kier alpha value is -1.97.